The Morgan fingerprint density at radius 1 is 1.11 bits per heavy atom. The molecule has 1 unspecified atom stereocenters. The van der Waals surface area contributed by atoms with Crippen molar-refractivity contribution in [3.8, 4) is 0 Å². The van der Waals surface area contributed by atoms with Gasteiger partial charge in [0.15, 0.2) is 0 Å². The second-order valence-electron chi connectivity index (χ2n) is 4.28. The Hall–Kier alpha value is -1.79. The zero-order valence-electron chi connectivity index (χ0n) is 11.1. The standard InChI is InChI=1S/C12H22N2O5/c1-2-3-4-5-8-13-12(19)14-9(11(17)18)6-7-10(15)16/h9H,2-8H2,1H3,(H,15,16)(H,17,18)(H2,13,14,19). The van der Waals surface area contributed by atoms with Crippen LogP contribution in [0.1, 0.15) is 45.4 Å². The Morgan fingerprint density at radius 2 is 1.79 bits per heavy atom. The summed E-state index contributed by atoms with van der Waals surface area (Å²) in [6, 6.07) is -1.75. The maximum Gasteiger partial charge on any atom is 0.326 e. The lowest BCUT2D eigenvalue weighted by molar-refractivity contribution is -0.140. The van der Waals surface area contributed by atoms with Crippen molar-refractivity contribution in [3.05, 3.63) is 0 Å². The van der Waals surface area contributed by atoms with E-state index in [9.17, 15) is 14.4 Å². The van der Waals surface area contributed by atoms with Crippen LogP contribution in [0.4, 0.5) is 4.79 Å². The summed E-state index contributed by atoms with van der Waals surface area (Å²) in [4.78, 5) is 32.6. The molecule has 4 N–H and O–H groups in total. The number of aliphatic carboxylic acids is 2. The fourth-order valence-electron chi connectivity index (χ4n) is 1.49. The van der Waals surface area contributed by atoms with Crippen LogP contribution >= 0.6 is 0 Å². The predicted molar refractivity (Wildman–Crippen MR) is 69.0 cm³/mol. The van der Waals surface area contributed by atoms with E-state index in [1.54, 1.807) is 0 Å². The first-order valence-electron chi connectivity index (χ1n) is 6.46. The molecular formula is C12H22N2O5. The quantitative estimate of drug-likeness (QED) is 0.446. The minimum Gasteiger partial charge on any atom is -0.481 e. The summed E-state index contributed by atoms with van der Waals surface area (Å²) >= 11 is 0. The van der Waals surface area contributed by atoms with E-state index < -0.39 is 24.0 Å². The lowest BCUT2D eigenvalue weighted by Crippen LogP contribution is -2.46. The molecule has 0 heterocycles. The van der Waals surface area contributed by atoms with Crippen LogP contribution in [0.25, 0.3) is 0 Å². The molecule has 2 amide bonds. The van der Waals surface area contributed by atoms with Gasteiger partial charge in [-0.05, 0) is 12.8 Å². The molecular weight excluding hydrogens is 252 g/mol. The van der Waals surface area contributed by atoms with E-state index in [1.165, 1.54) is 0 Å². The van der Waals surface area contributed by atoms with Crippen molar-refractivity contribution < 1.29 is 24.6 Å². The van der Waals surface area contributed by atoms with E-state index in [-0.39, 0.29) is 12.8 Å². The van der Waals surface area contributed by atoms with E-state index in [4.69, 9.17) is 10.2 Å². The zero-order chi connectivity index (χ0) is 14.7. The van der Waals surface area contributed by atoms with Crippen LogP contribution in [0.15, 0.2) is 0 Å². The highest BCUT2D eigenvalue weighted by Gasteiger charge is 2.20. The normalized spacial score (nSPS) is 11.6. The SMILES string of the molecule is CCCCCCNC(=O)NC(CCC(=O)O)C(=O)O. The fourth-order valence-corrected chi connectivity index (χ4v) is 1.49. The second-order valence-corrected chi connectivity index (χ2v) is 4.28. The molecule has 7 heteroatoms. The average molecular weight is 274 g/mol. The molecule has 19 heavy (non-hydrogen) atoms. The first-order valence-corrected chi connectivity index (χ1v) is 6.46. The van der Waals surface area contributed by atoms with Crippen molar-refractivity contribution in [1.82, 2.24) is 10.6 Å². The van der Waals surface area contributed by atoms with Gasteiger partial charge in [-0.1, -0.05) is 26.2 Å². The predicted octanol–water partition coefficient (Wildman–Crippen LogP) is 1.18. The smallest absolute Gasteiger partial charge is 0.326 e. The summed E-state index contributed by atoms with van der Waals surface area (Å²) < 4.78 is 0. The number of rotatable bonds is 10. The summed E-state index contributed by atoms with van der Waals surface area (Å²) in [5.41, 5.74) is 0. The zero-order valence-corrected chi connectivity index (χ0v) is 11.1. The highest BCUT2D eigenvalue weighted by atomic mass is 16.4. The van der Waals surface area contributed by atoms with Gasteiger partial charge < -0.3 is 20.8 Å². The number of carboxylic acids is 2. The maximum atomic E-state index is 11.4. The van der Waals surface area contributed by atoms with Crippen LogP contribution in [0.5, 0.6) is 0 Å². The number of unbranched alkanes of at least 4 members (excludes halogenated alkanes) is 3. The third-order valence-corrected chi connectivity index (χ3v) is 2.57. The van der Waals surface area contributed by atoms with Crippen molar-refractivity contribution in [2.24, 2.45) is 0 Å². The highest BCUT2D eigenvalue weighted by Crippen LogP contribution is 1.99. The Balaban J connectivity index is 3.90. The molecule has 0 saturated heterocycles. The summed E-state index contributed by atoms with van der Waals surface area (Å²) in [5, 5.41) is 22.1. The molecule has 7 nitrogen and oxygen atoms in total. The molecule has 0 saturated carbocycles. The lowest BCUT2D eigenvalue weighted by Gasteiger charge is -2.14. The molecule has 0 spiro atoms. The number of amides is 2. The van der Waals surface area contributed by atoms with Crippen LogP contribution < -0.4 is 10.6 Å². The summed E-state index contributed by atoms with van der Waals surface area (Å²) in [7, 11) is 0. The van der Waals surface area contributed by atoms with Gasteiger partial charge in [-0.3, -0.25) is 4.79 Å². The number of carbonyl (C=O) groups is 3. The van der Waals surface area contributed by atoms with Crippen molar-refractivity contribution in [2.75, 3.05) is 6.54 Å². The largest absolute Gasteiger partial charge is 0.481 e. The lowest BCUT2D eigenvalue weighted by atomic mass is 10.1. The van der Waals surface area contributed by atoms with Gasteiger partial charge >= 0.3 is 18.0 Å². The number of hydrogen-bond donors (Lipinski definition) is 4. The van der Waals surface area contributed by atoms with Crippen LogP contribution in [0.3, 0.4) is 0 Å². The van der Waals surface area contributed by atoms with E-state index >= 15 is 0 Å². The van der Waals surface area contributed by atoms with Gasteiger partial charge in [-0.25, -0.2) is 9.59 Å². The van der Waals surface area contributed by atoms with Gasteiger partial charge in [0.25, 0.3) is 0 Å². The molecule has 0 aromatic carbocycles. The number of carboxylic acid groups (broad SMARTS) is 2. The Kier molecular flexibility index (Phi) is 9.20. The molecule has 0 rings (SSSR count). The van der Waals surface area contributed by atoms with E-state index in [2.05, 4.69) is 17.6 Å². The number of hydrogen-bond acceptors (Lipinski definition) is 3. The first-order chi connectivity index (χ1) is 8.97. The minimum absolute atomic E-state index is 0.131. The molecule has 0 fully saturated rings. The Labute approximate surface area is 112 Å². The number of carbonyl (C=O) groups excluding carboxylic acids is 1. The topological polar surface area (TPSA) is 116 Å². The first kappa shape index (κ1) is 17.2. The fraction of sp³-hybridized carbons (Fsp3) is 0.750. The van der Waals surface area contributed by atoms with Gasteiger partial charge in [-0.2, -0.15) is 0 Å². The molecule has 0 aliphatic rings. The van der Waals surface area contributed by atoms with Crippen LogP contribution in [-0.2, 0) is 9.59 Å². The summed E-state index contributed by atoms with van der Waals surface area (Å²) in [6.45, 7) is 2.57. The molecule has 0 bridgehead atoms. The van der Waals surface area contributed by atoms with Crippen molar-refractivity contribution in [2.45, 2.75) is 51.5 Å². The summed E-state index contributed by atoms with van der Waals surface area (Å²) in [5.74, 6) is -2.32. The molecule has 0 radical (unpaired) electrons. The highest BCUT2D eigenvalue weighted by molar-refractivity contribution is 5.82. The van der Waals surface area contributed by atoms with Crippen LogP contribution in [0.2, 0.25) is 0 Å². The third-order valence-electron chi connectivity index (χ3n) is 2.57. The van der Waals surface area contributed by atoms with E-state index in [1.807, 2.05) is 0 Å². The minimum atomic E-state index is -1.23. The second kappa shape index (κ2) is 10.2. The third kappa shape index (κ3) is 9.87. The van der Waals surface area contributed by atoms with Crippen LogP contribution in [-0.4, -0.2) is 40.8 Å². The number of nitrogens with one attached hydrogen (secondary N) is 2. The average Bonchev–Trinajstić information content (AvgIpc) is 2.33. The van der Waals surface area contributed by atoms with Crippen molar-refractivity contribution >= 4 is 18.0 Å². The van der Waals surface area contributed by atoms with Crippen molar-refractivity contribution in [3.63, 3.8) is 0 Å². The Morgan fingerprint density at radius 3 is 2.32 bits per heavy atom. The molecule has 1 atom stereocenters. The molecule has 0 aromatic rings. The molecule has 0 aromatic heterocycles. The van der Waals surface area contributed by atoms with E-state index in [0.29, 0.717) is 6.54 Å². The van der Waals surface area contributed by atoms with Gasteiger partial charge in [0.2, 0.25) is 0 Å². The summed E-state index contributed by atoms with van der Waals surface area (Å²) in [6.07, 6.45) is 3.62. The van der Waals surface area contributed by atoms with Gasteiger partial charge in [0.05, 0.1) is 0 Å². The Bertz CT molecular complexity index is 306. The maximum absolute atomic E-state index is 11.4. The van der Waals surface area contributed by atoms with Crippen molar-refractivity contribution in [1.29, 1.82) is 0 Å². The van der Waals surface area contributed by atoms with Crippen LogP contribution in [0, 0.1) is 0 Å². The molecule has 0 aliphatic carbocycles. The number of urea groups is 1. The van der Waals surface area contributed by atoms with E-state index in [0.717, 1.165) is 25.7 Å². The monoisotopic (exact) mass is 274 g/mol. The van der Waals surface area contributed by atoms with Gasteiger partial charge in [-0.15, -0.1) is 0 Å². The van der Waals surface area contributed by atoms with Gasteiger partial charge in [0.1, 0.15) is 6.04 Å². The van der Waals surface area contributed by atoms with Gasteiger partial charge in [0, 0.05) is 13.0 Å². The molecule has 0 aliphatic heterocycles. The molecule has 110 valence electrons.